The van der Waals surface area contributed by atoms with E-state index >= 15 is 0 Å². The summed E-state index contributed by atoms with van der Waals surface area (Å²) in [6.45, 7) is 4.88. The summed E-state index contributed by atoms with van der Waals surface area (Å²) < 4.78 is 5.37. The Morgan fingerprint density at radius 3 is 1.48 bits per heavy atom. The van der Waals surface area contributed by atoms with E-state index in [1.807, 2.05) is 7.11 Å². The Kier molecular flexibility index (Phi) is 7.90. The molecule has 0 N–H and O–H groups in total. The maximum Gasteiger partial charge on any atom is 0.0490 e. The van der Waals surface area contributed by atoms with E-state index < -0.39 is 0 Å². The van der Waals surface area contributed by atoms with Gasteiger partial charge in [-0.1, -0.05) is 18.9 Å². The van der Waals surface area contributed by atoms with E-state index in [9.17, 15) is 0 Å². The van der Waals surface area contributed by atoms with Crippen molar-refractivity contribution in [2.45, 2.75) is 89.9 Å². The molecule has 3 aliphatic rings. The van der Waals surface area contributed by atoms with Crippen LogP contribution in [0, 0.1) is 35.5 Å². The molecule has 0 atom stereocenters. The molecule has 0 spiro atoms. The van der Waals surface area contributed by atoms with Crippen molar-refractivity contribution in [3.8, 4) is 0 Å². The molecule has 25 heavy (non-hydrogen) atoms. The molecular formula is C24H42O. The maximum absolute atomic E-state index is 5.37. The van der Waals surface area contributed by atoms with Crippen LogP contribution in [0.15, 0.2) is 12.7 Å². The van der Waals surface area contributed by atoms with Gasteiger partial charge in [0.15, 0.2) is 0 Å². The van der Waals surface area contributed by atoms with Gasteiger partial charge in [-0.3, -0.25) is 0 Å². The van der Waals surface area contributed by atoms with Crippen LogP contribution < -0.4 is 0 Å². The molecule has 0 bridgehead atoms. The molecule has 3 fully saturated rings. The van der Waals surface area contributed by atoms with Crippen molar-refractivity contribution >= 4 is 0 Å². The number of rotatable bonds is 7. The van der Waals surface area contributed by atoms with Crippen LogP contribution in [0.1, 0.15) is 89.9 Å². The van der Waals surface area contributed by atoms with E-state index in [1.54, 1.807) is 25.7 Å². The molecule has 3 saturated carbocycles. The number of hydrogen-bond donors (Lipinski definition) is 0. The van der Waals surface area contributed by atoms with Crippen LogP contribution in [-0.4, -0.2) is 13.7 Å². The fourth-order valence-corrected chi connectivity index (χ4v) is 6.45. The van der Waals surface area contributed by atoms with Crippen molar-refractivity contribution in [1.29, 1.82) is 0 Å². The molecule has 0 heterocycles. The van der Waals surface area contributed by atoms with Gasteiger partial charge in [0, 0.05) is 13.7 Å². The minimum absolute atomic E-state index is 0.855. The van der Waals surface area contributed by atoms with Crippen LogP contribution in [0.2, 0.25) is 0 Å². The average Bonchev–Trinajstić information content (AvgIpc) is 2.68. The van der Waals surface area contributed by atoms with Crippen molar-refractivity contribution in [2.75, 3.05) is 13.7 Å². The Morgan fingerprint density at radius 2 is 1.08 bits per heavy atom. The molecule has 1 nitrogen and oxygen atoms in total. The van der Waals surface area contributed by atoms with Gasteiger partial charge in [0.25, 0.3) is 0 Å². The summed E-state index contributed by atoms with van der Waals surface area (Å²) in [5.41, 5.74) is 0. The van der Waals surface area contributed by atoms with Crippen LogP contribution in [0.25, 0.3) is 0 Å². The molecule has 0 aromatic rings. The quantitative estimate of drug-likeness (QED) is 0.450. The lowest BCUT2D eigenvalue weighted by Gasteiger charge is -2.41. The van der Waals surface area contributed by atoms with E-state index in [2.05, 4.69) is 12.7 Å². The van der Waals surface area contributed by atoms with E-state index in [-0.39, 0.29) is 0 Å². The van der Waals surface area contributed by atoms with Gasteiger partial charge in [-0.15, -0.1) is 6.58 Å². The van der Waals surface area contributed by atoms with E-state index in [0.29, 0.717) is 0 Å². The standard InChI is InChI=1S/C24H42O/c1-3-4-5-19-6-10-21(11-7-19)23-14-16-24(17-15-23)22-12-8-20(9-13-22)18-25-2/h3,19-24H,1,4-18H2,2H3. The van der Waals surface area contributed by atoms with Crippen LogP contribution in [-0.2, 0) is 4.74 Å². The molecule has 0 aromatic carbocycles. The molecule has 0 amide bonds. The van der Waals surface area contributed by atoms with E-state index in [1.165, 1.54) is 64.2 Å². The minimum atomic E-state index is 0.855. The summed E-state index contributed by atoms with van der Waals surface area (Å²) in [4.78, 5) is 0. The molecule has 0 unspecified atom stereocenters. The smallest absolute Gasteiger partial charge is 0.0490 e. The number of hydrogen-bond acceptors (Lipinski definition) is 1. The minimum Gasteiger partial charge on any atom is -0.384 e. The fraction of sp³-hybridized carbons (Fsp3) is 0.917. The van der Waals surface area contributed by atoms with Gasteiger partial charge in [0.05, 0.1) is 0 Å². The monoisotopic (exact) mass is 346 g/mol. The second-order valence-electron chi connectivity index (χ2n) is 9.56. The van der Waals surface area contributed by atoms with Gasteiger partial charge in [-0.2, -0.15) is 0 Å². The molecule has 0 aromatic heterocycles. The van der Waals surface area contributed by atoms with Crippen LogP contribution in [0.5, 0.6) is 0 Å². The zero-order chi connectivity index (χ0) is 17.5. The molecule has 0 saturated heterocycles. The number of ether oxygens (including phenoxy) is 1. The van der Waals surface area contributed by atoms with Crippen LogP contribution in [0.4, 0.5) is 0 Å². The zero-order valence-corrected chi connectivity index (χ0v) is 16.8. The van der Waals surface area contributed by atoms with Crippen LogP contribution >= 0.6 is 0 Å². The lowest BCUT2D eigenvalue weighted by Crippen LogP contribution is -2.30. The predicted octanol–water partition coefficient (Wildman–Crippen LogP) is 7.02. The lowest BCUT2D eigenvalue weighted by atomic mass is 9.65. The molecule has 0 radical (unpaired) electrons. The first-order valence-corrected chi connectivity index (χ1v) is 11.4. The average molecular weight is 347 g/mol. The molecular weight excluding hydrogens is 304 g/mol. The topological polar surface area (TPSA) is 9.23 Å². The Bertz CT molecular complexity index is 366. The van der Waals surface area contributed by atoms with Crippen molar-refractivity contribution in [1.82, 2.24) is 0 Å². The van der Waals surface area contributed by atoms with Crippen molar-refractivity contribution in [3.63, 3.8) is 0 Å². The van der Waals surface area contributed by atoms with Gasteiger partial charge < -0.3 is 4.74 Å². The zero-order valence-electron chi connectivity index (χ0n) is 16.8. The third-order valence-corrected chi connectivity index (χ3v) is 8.11. The van der Waals surface area contributed by atoms with Crippen molar-refractivity contribution in [3.05, 3.63) is 12.7 Å². The van der Waals surface area contributed by atoms with E-state index in [0.717, 1.165) is 42.1 Å². The molecule has 1 heteroatoms. The highest BCUT2D eigenvalue weighted by Crippen LogP contribution is 2.46. The van der Waals surface area contributed by atoms with Gasteiger partial charge in [0.2, 0.25) is 0 Å². The predicted molar refractivity (Wildman–Crippen MR) is 108 cm³/mol. The second-order valence-corrected chi connectivity index (χ2v) is 9.56. The largest absolute Gasteiger partial charge is 0.384 e. The number of allylic oxidation sites excluding steroid dienone is 1. The summed E-state index contributed by atoms with van der Waals surface area (Å²) in [6.07, 6.45) is 22.8. The second kappa shape index (κ2) is 10.1. The first-order valence-electron chi connectivity index (χ1n) is 11.4. The third kappa shape index (κ3) is 5.59. The summed E-state index contributed by atoms with van der Waals surface area (Å²) in [7, 11) is 1.86. The Balaban J connectivity index is 1.35. The Hall–Kier alpha value is -0.300. The van der Waals surface area contributed by atoms with Crippen molar-refractivity contribution < 1.29 is 4.74 Å². The lowest BCUT2D eigenvalue weighted by molar-refractivity contribution is 0.0804. The SMILES string of the molecule is C=CCCC1CCC(C2CCC(C3CCC(COC)CC3)CC2)CC1. The summed E-state index contributed by atoms with van der Waals surface area (Å²) in [6, 6.07) is 0. The van der Waals surface area contributed by atoms with Gasteiger partial charge >= 0.3 is 0 Å². The van der Waals surface area contributed by atoms with E-state index in [4.69, 9.17) is 4.74 Å². The molecule has 3 aliphatic carbocycles. The highest BCUT2D eigenvalue weighted by Gasteiger charge is 2.34. The Morgan fingerprint density at radius 1 is 0.680 bits per heavy atom. The normalized spacial score (nSPS) is 39.9. The summed E-state index contributed by atoms with van der Waals surface area (Å²) >= 11 is 0. The summed E-state index contributed by atoms with van der Waals surface area (Å²) in [5.74, 6) is 6.11. The molecule has 3 rings (SSSR count). The van der Waals surface area contributed by atoms with Crippen LogP contribution in [0.3, 0.4) is 0 Å². The number of methoxy groups -OCH3 is 1. The fourth-order valence-electron chi connectivity index (χ4n) is 6.45. The Labute approximate surface area is 157 Å². The third-order valence-electron chi connectivity index (χ3n) is 8.11. The maximum atomic E-state index is 5.37. The molecule has 144 valence electrons. The van der Waals surface area contributed by atoms with Crippen molar-refractivity contribution in [2.24, 2.45) is 35.5 Å². The first-order chi connectivity index (χ1) is 12.3. The van der Waals surface area contributed by atoms with Gasteiger partial charge in [-0.05, 0) is 113 Å². The first kappa shape index (κ1) is 19.5. The highest BCUT2D eigenvalue weighted by atomic mass is 16.5. The highest BCUT2D eigenvalue weighted by molar-refractivity contribution is 4.86. The molecule has 0 aliphatic heterocycles. The van der Waals surface area contributed by atoms with Gasteiger partial charge in [-0.25, -0.2) is 0 Å². The summed E-state index contributed by atoms with van der Waals surface area (Å²) in [5, 5.41) is 0. The van der Waals surface area contributed by atoms with Gasteiger partial charge in [0.1, 0.15) is 0 Å².